The average molecular weight is 280 g/mol. The van der Waals surface area contributed by atoms with Crippen LogP contribution in [0.2, 0.25) is 0 Å². The van der Waals surface area contributed by atoms with Gasteiger partial charge in [-0.25, -0.2) is 0 Å². The normalized spacial score (nSPS) is 11.0. The molecule has 0 heterocycles. The van der Waals surface area contributed by atoms with Crippen LogP contribution in [0.15, 0.2) is 24.3 Å². The number of benzene rings is 1. The van der Waals surface area contributed by atoms with Crippen molar-refractivity contribution in [3.8, 4) is 11.5 Å². The Balaban J connectivity index is 2.30. The molecular formula is C16H24O4. The monoisotopic (exact) mass is 280 g/mol. The van der Waals surface area contributed by atoms with Crippen LogP contribution in [0.4, 0.5) is 0 Å². The van der Waals surface area contributed by atoms with Gasteiger partial charge in [-0.15, -0.1) is 0 Å². The zero-order chi connectivity index (χ0) is 15.0. The summed E-state index contributed by atoms with van der Waals surface area (Å²) in [4.78, 5) is 11.5. The Morgan fingerprint density at radius 1 is 1.00 bits per heavy atom. The Morgan fingerprint density at radius 3 is 1.95 bits per heavy atom. The summed E-state index contributed by atoms with van der Waals surface area (Å²) in [7, 11) is 0. The highest BCUT2D eigenvalue weighted by atomic mass is 16.6. The molecule has 0 fully saturated rings. The fraction of sp³-hybridized carbons (Fsp3) is 0.562. The van der Waals surface area contributed by atoms with Gasteiger partial charge in [0.05, 0.1) is 19.6 Å². The molecule has 112 valence electrons. The highest BCUT2D eigenvalue weighted by Crippen LogP contribution is 2.18. The molecule has 4 nitrogen and oxygen atoms in total. The minimum Gasteiger partial charge on any atom is -0.494 e. The highest BCUT2D eigenvalue weighted by Gasteiger charge is 2.15. The maximum absolute atomic E-state index is 11.5. The molecule has 0 unspecified atom stereocenters. The summed E-state index contributed by atoms with van der Waals surface area (Å²) in [6, 6.07) is 7.39. The molecule has 20 heavy (non-hydrogen) atoms. The number of esters is 1. The van der Waals surface area contributed by atoms with Gasteiger partial charge in [0.1, 0.15) is 17.1 Å². The van der Waals surface area contributed by atoms with Crippen LogP contribution in [-0.2, 0) is 9.53 Å². The second-order valence-electron chi connectivity index (χ2n) is 5.50. The lowest BCUT2D eigenvalue weighted by Crippen LogP contribution is -2.24. The van der Waals surface area contributed by atoms with Crippen molar-refractivity contribution in [2.45, 2.75) is 46.1 Å². The first-order chi connectivity index (χ1) is 9.40. The van der Waals surface area contributed by atoms with Crippen molar-refractivity contribution in [2.75, 3.05) is 13.2 Å². The molecule has 0 N–H and O–H groups in total. The molecule has 0 aromatic heterocycles. The number of ether oxygens (including phenoxy) is 3. The van der Waals surface area contributed by atoms with Gasteiger partial charge in [-0.05, 0) is 51.5 Å². The van der Waals surface area contributed by atoms with Crippen LogP contribution in [0.25, 0.3) is 0 Å². The summed E-state index contributed by atoms with van der Waals surface area (Å²) < 4.78 is 16.2. The molecule has 0 aliphatic carbocycles. The molecule has 1 aromatic carbocycles. The molecule has 0 amide bonds. The number of hydrogen-bond acceptors (Lipinski definition) is 4. The van der Waals surface area contributed by atoms with Crippen molar-refractivity contribution >= 4 is 5.97 Å². The fourth-order valence-corrected chi connectivity index (χ4v) is 1.50. The summed E-state index contributed by atoms with van der Waals surface area (Å²) in [5.41, 5.74) is -0.449. The van der Waals surface area contributed by atoms with Crippen molar-refractivity contribution in [3.63, 3.8) is 0 Å². The summed E-state index contributed by atoms with van der Waals surface area (Å²) in [5, 5.41) is 0. The van der Waals surface area contributed by atoms with Gasteiger partial charge in [0.25, 0.3) is 0 Å². The predicted molar refractivity (Wildman–Crippen MR) is 78.2 cm³/mol. The van der Waals surface area contributed by atoms with Gasteiger partial charge in [0.2, 0.25) is 0 Å². The average Bonchev–Trinajstić information content (AvgIpc) is 2.35. The van der Waals surface area contributed by atoms with E-state index in [2.05, 4.69) is 6.92 Å². The molecule has 0 saturated heterocycles. The number of carbonyl (C=O) groups excluding carboxylic acids is 1. The third kappa shape index (κ3) is 7.02. The summed E-state index contributed by atoms with van der Waals surface area (Å²) >= 11 is 0. The second-order valence-corrected chi connectivity index (χ2v) is 5.50. The lowest BCUT2D eigenvalue weighted by atomic mass is 10.2. The molecule has 4 heteroatoms. The Kier molecular flexibility index (Phi) is 6.36. The second kappa shape index (κ2) is 7.78. The smallest absolute Gasteiger partial charge is 0.309 e. The standard InChI is InChI=1S/C16H24O4/c1-5-11-18-13-6-8-14(9-7-13)19-12-10-15(17)20-16(2,3)4/h6-9H,5,10-12H2,1-4H3. The quantitative estimate of drug-likeness (QED) is 0.716. The molecule has 1 rings (SSSR count). The van der Waals surface area contributed by atoms with Crippen molar-refractivity contribution in [1.82, 2.24) is 0 Å². The minimum atomic E-state index is -0.449. The van der Waals surface area contributed by atoms with E-state index in [0.717, 1.165) is 17.9 Å². The van der Waals surface area contributed by atoms with Gasteiger partial charge in [-0.3, -0.25) is 4.79 Å². The Labute approximate surface area is 121 Å². The maximum atomic E-state index is 11.5. The zero-order valence-electron chi connectivity index (χ0n) is 12.8. The molecule has 1 aromatic rings. The number of carbonyl (C=O) groups is 1. The Bertz CT molecular complexity index is 403. The van der Waals surface area contributed by atoms with Gasteiger partial charge in [0, 0.05) is 0 Å². The van der Waals surface area contributed by atoms with E-state index in [1.165, 1.54) is 0 Å². The van der Waals surface area contributed by atoms with Crippen LogP contribution >= 0.6 is 0 Å². The first kappa shape index (κ1) is 16.3. The third-order valence-electron chi connectivity index (χ3n) is 2.29. The van der Waals surface area contributed by atoms with Gasteiger partial charge in [-0.1, -0.05) is 6.92 Å². The molecule has 0 radical (unpaired) electrons. The minimum absolute atomic E-state index is 0.241. The van der Waals surface area contributed by atoms with E-state index in [1.807, 2.05) is 45.0 Å². The predicted octanol–water partition coefficient (Wildman–Crippen LogP) is 3.59. The molecule has 0 aliphatic heterocycles. The van der Waals surface area contributed by atoms with Crippen LogP contribution < -0.4 is 9.47 Å². The summed E-state index contributed by atoms with van der Waals surface area (Å²) in [6.45, 7) is 8.62. The van der Waals surface area contributed by atoms with E-state index in [9.17, 15) is 4.79 Å². The van der Waals surface area contributed by atoms with Gasteiger partial charge >= 0.3 is 5.97 Å². The van der Waals surface area contributed by atoms with Crippen LogP contribution in [0.5, 0.6) is 11.5 Å². The van der Waals surface area contributed by atoms with E-state index in [1.54, 1.807) is 0 Å². The first-order valence-electron chi connectivity index (χ1n) is 6.98. The van der Waals surface area contributed by atoms with E-state index in [-0.39, 0.29) is 12.4 Å². The largest absolute Gasteiger partial charge is 0.494 e. The fourth-order valence-electron chi connectivity index (χ4n) is 1.50. The van der Waals surface area contributed by atoms with Crippen LogP contribution in [0.3, 0.4) is 0 Å². The van der Waals surface area contributed by atoms with E-state index < -0.39 is 5.60 Å². The van der Waals surface area contributed by atoms with E-state index in [0.29, 0.717) is 13.2 Å². The van der Waals surface area contributed by atoms with Crippen LogP contribution in [-0.4, -0.2) is 24.8 Å². The van der Waals surface area contributed by atoms with Crippen molar-refractivity contribution in [3.05, 3.63) is 24.3 Å². The molecule has 0 saturated carbocycles. The molecule has 0 aliphatic rings. The lowest BCUT2D eigenvalue weighted by molar-refractivity contribution is -0.155. The third-order valence-corrected chi connectivity index (χ3v) is 2.29. The summed E-state index contributed by atoms with van der Waals surface area (Å²) in [6.07, 6.45) is 1.22. The number of hydrogen-bond donors (Lipinski definition) is 0. The lowest BCUT2D eigenvalue weighted by Gasteiger charge is -2.19. The molecular weight excluding hydrogens is 256 g/mol. The van der Waals surface area contributed by atoms with Crippen molar-refractivity contribution < 1.29 is 19.0 Å². The van der Waals surface area contributed by atoms with Crippen LogP contribution in [0, 0.1) is 0 Å². The van der Waals surface area contributed by atoms with Crippen molar-refractivity contribution in [1.29, 1.82) is 0 Å². The molecule has 0 bridgehead atoms. The topological polar surface area (TPSA) is 44.8 Å². The van der Waals surface area contributed by atoms with Crippen LogP contribution in [0.1, 0.15) is 40.5 Å². The Hall–Kier alpha value is -1.71. The van der Waals surface area contributed by atoms with Crippen molar-refractivity contribution in [2.24, 2.45) is 0 Å². The molecule has 0 atom stereocenters. The zero-order valence-corrected chi connectivity index (χ0v) is 12.8. The van der Waals surface area contributed by atoms with Gasteiger partial charge in [0.15, 0.2) is 0 Å². The summed E-state index contributed by atoms with van der Waals surface area (Å²) in [5.74, 6) is 1.30. The number of rotatable bonds is 7. The maximum Gasteiger partial charge on any atom is 0.309 e. The molecule has 0 spiro atoms. The van der Waals surface area contributed by atoms with Gasteiger partial charge in [-0.2, -0.15) is 0 Å². The first-order valence-corrected chi connectivity index (χ1v) is 6.98. The highest BCUT2D eigenvalue weighted by molar-refractivity contribution is 5.69. The Morgan fingerprint density at radius 2 is 1.50 bits per heavy atom. The van der Waals surface area contributed by atoms with Gasteiger partial charge < -0.3 is 14.2 Å². The van der Waals surface area contributed by atoms with E-state index in [4.69, 9.17) is 14.2 Å². The SMILES string of the molecule is CCCOc1ccc(OCCC(=O)OC(C)(C)C)cc1. The van der Waals surface area contributed by atoms with E-state index >= 15 is 0 Å².